The molecule has 0 fully saturated rings. The van der Waals surface area contributed by atoms with Crippen molar-refractivity contribution in [3.8, 4) is 0 Å². The van der Waals surface area contributed by atoms with E-state index >= 15 is 0 Å². The van der Waals surface area contributed by atoms with Gasteiger partial charge in [0, 0.05) is 26.5 Å². The molecule has 0 radical (unpaired) electrons. The van der Waals surface area contributed by atoms with Gasteiger partial charge in [0.1, 0.15) is 0 Å². The third kappa shape index (κ3) is 9.53. The van der Waals surface area contributed by atoms with Crippen molar-refractivity contribution in [2.75, 3.05) is 26.1 Å². The fraction of sp³-hybridized carbons (Fsp3) is 0.462. The van der Waals surface area contributed by atoms with Gasteiger partial charge in [-0.3, -0.25) is 4.79 Å². The zero-order valence-corrected chi connectivity index (χ0v) is 10.7. The normalized spacial score (nSPS) is 11.0. The third-order valence-electron chi connectivity index (χ3n) is 2.13. The molecule has 0 heterocycles. The van der Waals surface area contributed by atoms with Gasteiger partial charge in [0.15, 0.2) is 0 Å². The van der Waals surface area contributed by atoms with Gasteiger partial charge in [0.25, 0.3) is 0 Å². The predicted octanol–water partition coefficient (Wildman–Crippen LogP) is 2.31. The van der Waals surface area contributed by atoms with Crippen LogP contribution in [-0.4, -0.2) is 33.3 Å². The number of hydrogen-bond donors (Lipinski definition) is 1. The van der Waals surface area contributed by atoms with Gasteiger partial charge in [-0.25, -0.2) is 0 Å². The van der Waals surface area contributed by atoms with Crippen LogP contribution in [-0.2, 0) is 14.3 Å². The molecular weight excluding hydrogens is 218 g/mol. The van der Waals surface area contributed by atoms with E-state index in [1.54, 1.807) is 14.2 Å². The number of amides is 1. The summed E-state index contributed by atoms with van der Waals surface area (Å²) in [6.45, 7) is 2.81. The Hall–Kier alpha value is -1.39. The van der Waals surface area contributed by atoms with E-state index in [1.165, 1.54) is 0 Å². The van der Waals surface area contributed by atoms with Crippen molar-refractivity contribution in [2.24, 2.45) is 0 Å². The number of rotatable bonds is 6. The number of methoxy groups -OCH3 is 2. The number of benzene rings is 1. The first-order valence-corrected chi connectivity index (χ1v) is 5.51. The molecule has 0 saturated heterocycles. The standard InChI is InChI=1S/C7H7NO.C6H14O2/c9-6-8-7-4-2-1-3-5-7;1-6(8-3)4-5-7-2/h1-6H,(H,8,9);6H,4-5H2,1-3H3. The number of anilines is 1. The summed E-state index contributed by atoms with van der Waals surface area (Å²) in [4.78, 5) is 9.86. The molecule has 4 nitrogen and oxygen atoms in total. The first-order valence-electron chi connectivity index (χ1n) is 5.51. The Morgan fingerprint density at radius 2 is 1.94 bits per heavy atom. The molecule has 96 valence electrons. The van der Waals surface area contributed by atoms with Gasteiger partial charge in [0.2, 0.25) is 6.41 Å². The molecule has 0 bridgehead atoms. The van der Waals surface area contributed by atoms with Gasteiger partial charge in [-0.1, -0.05) is 18.2 Å². The highest BCUT2D eigenvalue weighted by atomic mass is 16.5. The van der Waals surface area contributed by atoms with Crippen molar-refractivity contribution in [3.05, 3.63) is 30.3 Å². The lowest BCUT2D eigenvalue weighted by Gasteiger charge is -2.06. The highest BCUT2D eigenvalue weighted by Gasteiger charge is 1.95. The minimum absolute atomic E-state index is 0.329. The average Bonchev–Trinajstić information content (AvgIpc) is 2.38. The SMILES string of the molecule is COCCC(C)OC.O=CNc1ccccc1. The molecule has 1 aromatic rings. The maximum atomic E-state index is 9.86. The Balaban J connectivity index is 0.000000304. The van der Waals surface area contributed by atoms with E-state index in [2.05, 4.69) is 5.32 Å². The van der Waals surface area contributed by atoms with Gasteiger partial charge < -0.3 is 14.8 Å². The van der Waals surface area contributed by atoms with Crippen LogP contribution in [0.4, 0.5) is 5.69 Å². The van der Waals surface area contributed by atoms with Gasteiger partial charge in [-0.05, 0) is 25.5 Å². The number of hydrogen-bond acceptors (Lipinski definition) is 3. The lowest BCUT2D eigenvalue weighted by atomic mass is 10.3. The topological polar surface area (TPSA) is 47.6 Å². The first kappa shape index (κ1) is 15.6. The molecule has 0 aliphatic rings. The number of carbonyl (C=O) groups is 1. The Morgan fingerprint density at radius 1 is 1.29 bits per heavy atom. The summed E-state index contributed by atoms with van der Waals surface area (Å²) in [7, 11) is 3.41. The Morgan fingerprint density at radius 3 is 2.41 bits per heavy atom. The maximum absolute atomic E-state index is 9.86. The quantitative estimate of drug-likeness (QED) is 0.775. The third-order valence-corrected chi connectivity index (χ3v) is 2.13. The second-order valence-electron chi connectivity index (χ2n) is 3.46. The second kappa shape index (κ2) is 11.1. The number of ether oxygens (including phenoxy) is 2. The van der Waals surface area contributed by atoms with Gasteiger partial charge in [-0.15, -0.1) is 0 Å². The van der Waals surface area contributed by atoms with Crippen LogP contribution < -0.4 is 5.32 Å². The summed E-state index contributed by atoms with van der Waals surface area (Å²) >= 11 is 0. The summed E-state index contributed by atoms with van der Waals surface area (Å²) in [5.41, 5.74) is 0.826. The summed E-state index contributed by atoms with van der Waals surface area (Å²) in [5, 5.41) is 2.53. The molecular formula is C13H21NO3. The predicted molar refractivity (Wildman–Crippen MR) is 69.1 cm³/mol. The van der Waals surface area contributed by atoms with Crippen molar-refractivity contribution in [2.45, 2.75) is 19.4 Å². The van der Waals surface area contributed by atoms with Gasteiger partial charge in [-0.2, -0.15) is 0 Å². The van der Waals surface area contributed by atoms with Crippen LogP contribution in [0.1, 0.15) is 13.3 Å². The first-order chi connectivity index (χ1) is 8.24. The monoisotopic (exact) mass is 239 g/mol. The van der Waals surface area contributed by atoms with Crippen LogP contribution in [0.15, 0.2) is 30.3 Å². The zero-order chi connectivity index (χ0) is 12.9. The summed E-state index contributed by atoms with van der Waals surface area (Å²) in [6, 6.07) is 9.29. The molecule has 0 saturated carbocycles. The minimum atomic E-state index is 0.329. The molecule has 1 aromatic carbocycles. The maximum Gasteiger partial charge on any atom is 0.211 e. The number of carbonyl (C=O) groups excluding carboxylic acids is 1. The lowest BCUT2D eigenvalue weighted by Crippen LogP contribution is -2.07. The van der Waals surface area contributed by atoms with Crippen molar-refractivity contribution < 1.29 is 14.3 Å². The summed E-state index contributed by atoms with van der Waals surface area (Å²) < 4.78 is 9.81. The average molecular weight is 239 g/mol. The molecule has 0 spiro atoms. The molecule has 1 N–H and O–H groups in total. The molecule has 0 aliphatic heterocycles. The molecule has 0 aromatic heterocycles. The molecule has 1 unspecified atom stereocenters. The Kier molecular flexibility index (Phi) is 10.2. The number of nitrogens with one attached hydrogen (secondary N) is 1. The largest absolute Gasteiger partial charge is 0.385 e. The van der Waals surface area contributed by atoms with E-state index in [0.717, 1.165) is 18.7 Å². The smallest absolute Gasteiger partial charge is 0.211 e. The molecule has 4 heteroatoms. The van der Waals surface area contributed by atoms with E-state index in [4.69, 9.17) is 9.47 Å². The van der Waals surface area contributed by atoms with Crippen molar-refractivity contribution in [1.29, 1.82) is 0 Å². The molecule has 17 heavy (non-hydrogen) atoms. The summed E-state index contributed by atoms with van der Waals surface area (Å²) in [5.74, 6) is 0. The highest BCUT2D eigenvalue weighted by molar-refractivity contribution is 5.70. The lowest BCUT2D eigenvalue weighted by molar-refractivity contribution is -0.105. The van der Waals surface area contributed by atoms with Crippen LogP contribution >= 0.6 is 0 Å². The van der Waals surface area contributed by atoms with E-state index < -0.39 is 0 Å². The Labute approximate surface area is 103 Å². The fourth-order valence-corrected chi connectivity index (χ4v) is 1.00. The van der Waals surface area contributed by atoms with E-state index in [0.29, 0.717) is 12.5 Å². The molecule has 1 rings (SSSR count). The van der Waals surface area contributed by atoms with E-state index in [-0.39, 0.29) is 0 Å². The fourth-order valence-electron chi connectivity index (χ4n) is 1.00. The number of para-hydroxylation sites is 1. The van der Waals surface area contributed by atoms with Crippen molar-refractivity contribution in [3.63, 3.8) is 0 Å². The zero-order valence-electron chi connectivity index (χ0n) is 10.7. The molecule has 1 amide bonds. The highest BCUT2D eigenvalue weighted by Crippen LogP contribution is 2.01. The van der Waals surface area contributed by atoms with Crippen LogP contribution in [0.2, 0.25) is 0 Å². The van der Waals surface area contributed by atoms with E-state index in [9.17, 15) is 4.79 Å². The van der Waals surface area contributed by atoms with Crippen LogP contribution in [0.5, 0.6) is 0 Å². The Bertz CT molecular complexity index is 277. The van der Waals surface area contributed by atoms with Crippen molar-refractivity contribution in [1.82, 2.24) is 0 Å². The summed E-state index contributed by atoms with van der Waals surface area (Å²) in [6.07, 6.45) is 1.97. The van der Waals surface area contributed by atoms with Crippen LogP contribution in [0, 0.1) is 0 Å². The van der Waals surface area contributed by atoms with Crippen LogP contribution in [0.3, 0.4) is 0 Å². The van der Waals surface area contributed by atoms with Crippen LogP contribution in [0.25, 0.3) is 0 Å². The molecule has 0 aliphatic carbocycles. The van der Waals surface area contributed by atoms with Crippen molar-refractivity contribution >= 4 is 12.1 Å². The van der Waals surface area contributed by atoms with Gasteiger partial charge >= 0.3 is 0 Å². The minimum Gasteiger partial charge on any atom is -0.385 e. The molecule has 1 atom stereocenters. The second-order valence-corrected chi connectivity index (χ2v) is 3.46. The van der Waals surface area contributed by atoms with E-state index in [1.807, 2.05) is 37.3 Å². The van der Waals surface area contributed by atoms with Gasteiger partial charge in [0.05, 0.1) is 6.10 Å².